The molecule has 0 saturated carbocycles. The van der Waals surface area contributed by atoms with Crippen molar-refractivity contribution in [3.05, 3.63) is 74.9 Å². The van der Waals surface area contributed by atoms with Gasteiger partial charge in [0.2, 0.25) is 5.91 Å². The summed E-state index contributed by atoms with van der Waals surface area (Å²) in [4.78, 5) is 18.4. The van der Waals surface area contributed by atoms with E-state index in [2.05, 4.69) is 5.32 Å². The van der Waals surface area contributed by atoms with Gasteiger partial charge in [-0.05, 0) is 41.8 Å². The Kier molecular flexibility index (Phi) is 5.16. The van der Waals surface area contributed by atoms with Crippen LogP contribution in [0.3, 0.4) is 0 Å². The van der Waals surface area contributed by atoms with Gasteiger partial charge in [0.25, 0.3) is 0 Å². The number of hydrogen-bond acceptors (Lipinski definition) is 3. The van der Waals surface area contributed by atoms with Crippen LogP contribution >= 0.6 is 34.5 Å². The predicted molar refractivity (Wildman–Crippen MR) is 111 cm³/mol. The number of halogens is 2. The fourth-order valence-electron chi connectivity index (χ4n) is 2.91. The third-order valence-electron chi connectivity index (χ3n) is 4.17. The molecular weight excluding hydrogens is 401 g/mol. The maximum Gasteiger partial charge on any atom is 0.240 e. The number of imidazole rings is 1. The first-order chi connectivity index (χ1) is 13.1. The van der Waals surface area contributed by atoms with Crippen molar-refractivity contribution >= 4 is 51.5 Å². The molecule has 4 rings (SSSR count). The Morgan fingerprint density at radius 2 is 1.96 bits per heavy atom. The molecule has 2 heterocycles. The van der Waals surface area contributed by atoms with Crippen LogP contribution in [-0.2, 0) is 17.9 Å². The minimum Gasteiger partial charge on any atom is -0.350 e. The van der Waals surface area contributed by atoms with Gasteiger partial charge >= 0.3 is 0 Å². The average Bonchev–Trinajstić information content (AvgIpc) is 3.29. The van der Waals surface area contributed by atoms with Crippen molar-refractivity contribution in [1.82, 2.24) is 14.9 Å². The zero-order chi connectivity index (χ0) is 18.8. The van der Waals surface area contributed by atoms with Gasteiger partial charge in [-0.2, -0.15) is 0 Å². The second-order valence-electron chi connectivity index (χ2n) is 5.99. The molecule has 0 spiro atoms. The highest BCUT2D eigenvalue weighted by Gasteiger charge is 2.17. The minimum absolute atomic E-state index is 0.0853. The molecule has 27 heavy (non-hydrogen) atoms. The number of thiophene rings is 1. The monoisotopic (exact) mass is 415 g/mol. The van der Waals surface area contributed by atoms with E-state index in [1.807, 2.05) is 52.4 Å². The minimum atomic E-state index is -0.0853. The van der Waals surface area contributed by atoms with Crippen molar-refractivity contribution in [2.75, 3.05) is 0 Å². The summed E-state index contributed by atoms with van der Waals surface area (Å²) in [5, 5.41) is 6.00. The van der Waals surface area contributed by atoms with Crippen LogP contribution in [0.25, 0.3) is 22.4 Å². The highest BCUT2D eigenvalue weighted by molar-refractivity contribution is 7.09. The lowest BCUT2D eigenvalue weighted by Crippen LogP contribution is -2.27. The summed E-state index contributed by atoms with van der Waals surface area (Å²) >= 11 is 14.0. The highest BCUT2D eigenvalue weighted by Crippen LogP contribution is 2.32. The van der Waals surface area contributed by atoms with Crippen molar-refractivity contribution in [2.24, 2.45) is 0 Å². The maximum atomic E-state index is 12.6. The van der Waals surface area contributed by atoms with Crippen molar-refractivity contribution < 1.29 is 4.79 Å². The summed E-state index contributed by atoms with van der Waals surface area (Å²) in [5.41, 5.74) is 2.43. The molecule has 136 valence electrons. The molecule has 0 atom stereocenters. The number of nitrogens with zero attached hydrogens (tertiary/aromatic N) is 2. The molecule has 0 aliphatic heterocycles. The number of rotatable bonds is 5. The maximum absolute atomic E-state index is 12.6. The van der Waals surface area contributed by atoms with Gasteiger partial charge in [0.15, 0.2) is 0 Å². The van der Waals surface area contributed by atoms with E-state index in [-0.39, 0.29) is 12.5 Å². The van der Waals surface area contributed by atoms with E-state index in [0.717, 1.165) is 21.5 Å². The number of carbonyl (C=O) groups excluding carboxylic acids is 1. The van der Waals surface area contributed by atoms with Crippen LogP contribution in [0.4, 0.5) is 0 Å². The Hall–Kier alpha value is -2.34. The molecule has 7 heteroatoms. The first-order valence-corrected chi connectivity index (χ1v) is 9.95. The van der Waals surface area contributed by atoms with Gasteiger partial charge in [-0.25, -0.2) is 4.98 Å². The molecule has 0 aliphatic rings. The zero-order valence-electron chi connectivity index (χ0n) is 14.2. The second-order valence-corrected chi connectivity index (χ2v) is 7.87. The Balaban J connectivity index is 1.69. The fraction of sp³-hybridized carbons (Fsp3) is 0.100. The van der Waals surface area contributed by atoms with Crippen LogP contribution < -0.4 is 5.32 Å². The number of nitrogens with one attached hydrogen (secondary N) is 1. The zero-order valence-corrected chi connectivity index (χ0v) is 16.5. The lowest BCUT2D eigenvalue weighted by Gasteiger charge is -2.11. The second kappa shape index (κ2) is 7.72. The van der Waals surface area contributed by atoms with Crippen LogP contribution in [0.1, 0.15) is 4.88 Å². The number of aromatic nitrogens is 2. The molecule has 4 aromatic rings. The number of para-hydroxylation sites is 2. The molecule has 4 nitrogen and oxygen atoms in total. The van der Waals surface area contributed by atoms with E-state index in [1.165, 1.54) is 0 Å². The number of carbonyl (C=O) groups is 1. The number of benzene rings is 2. The molecule has 0 aliphatic carbocycles. The molecule has 0 bridgehead atoms. The van der Waals surface area contributed by atoms with Crippen molar-refractivity contribution in [3.63, 3.8) is 0 Å². The largest absolute Gasteiger partial charge is 0.350 e. The summed E-state index contributed by atoms with van der Waals surface area (Å²) < 4.78 is 1.88. The third kappa shape index (κ3) is 3.86. The number of amides is 1. The van der Waals surface area contributed by atoms with Crippen LogP contribution in [-0.4, -0.2) is 15.5 Å². The van der Waals surface area contributed by atoms with Gasteiger partial charge in [-0.15, -0.1) is 11.3 Å². The molecule has 2 aromatic carbocycles. The van der Waals surface area contributed by atoms with Gasteiger partial charge in [-0.1, -0.05) is 41.4 Å². The molecule has 0 fully saturated rings. The molecule has 0 saturated heterocycles. The van der Waals surface area contributed by atoms with E-state index in [0.29, 0.717) is 22.4 Å². The Bertz CT molecular complexity index is 1110. The highest BCUT2D eigenvalue weighted by atomic mass is 35.5. The topological polar surface area (TPSA) is 46.9 Å². The number of hydrogen-bond donors (Lipinski definition) is 1. The lowest BCUT2D eigenvalue weighted by molar-refractivity contribution is -0.121. The third-order valence-corrected chi connectivity index (χ3v) is 5.59. The van der Waals surface area contributed by atoms with Gasteiger partial charge in [-0.3, -0.25) is 4.79 Å². The van der Waals surface area contributed by atoms with Crippen LogP contribution in [0.5, 0.6) is 0 Å². The first kappa shape index (κ1) is 18.0. The van der Waals surface area contributed by atoms with Crippen LogP contribution in [0.2, 0.25) is 10.0 Å². The Morgan fingerprint density at radius 1 is 1.11 bits per heavy atom. The van der Waals surface area contributed by atoms with Gasteiger partial charge in [0.05, 0.1) is 22.6 Å². The molecule has 1 amide bonds. The van der Waals surface area contributed by atoms with E-state index >= 15 is 0 Å². The summed E-state index contributed by atoms with van der Waals surface area (Å²) in [6.07, 6.45) is 0. The van der Waals surface area contributed by atoms with Crippen molar-refractivity contribution in [3.8, 4) is 11.4 Å². The lowest BCUT2D eigenvalue weighted by atomic mass is 10.2. The molecule has 2 aromatic heterocycles. The van der Waals surface area contributed by atoms with E-state index in [1.54, 1.807) is 23.5 Å². The molecule has 0 radical (unpaired) electrons. The smallest absolute Gasteiger partial charge is 0.240 e. The quantitative estimate of drug-likeness (QED) is 0.474. The number of fused-ring (bicyclic) bond motifs is 1. The molecule has 1 N–H and O–H groups in total. The molecular formula is C20H15Cl2N3OS. The summed E-state index contributed by atoms with van der Waals surface area (Å²) in [6, 6.07) is 17.0. The van der Waals surface area contributed by atoms with Crippen LogP contribution in [0, 0.1) is 0 Å². The SMILES string of the molecule is O=C(Cn1c(-c2ccc(Cl)cc2Cl)nc2ccccc21)NCc1cccs1. The summed E-state index contributed by atoms with van der Waals surface area (Å²) in [6.45, 7) is 0.667. The summed E-state index contributed by atoms with van der Waals surface area (Å²) in [7, 11) is 0. The normalized spacial score (nSPS) is 11.0. The standard InChI is InChI=1S/C20H15Cl2N3OS/c21-13-7-8-15(16(22)10-13)20-24-17-5-1-2-6-18(17)25(20)12-19(26)23-11-14-4-3-9-27-14/h1-10H,11-12H2,(H,23,26). The van der Waals surface area contributed by atoms with Crippen LogP contribution in [0.15, 0.2) is 60.0 Å². The molecule has 0 unspecified atom stereocenters. The van der Waals surface area contributed by atoms with E-state index < -0.39 is 0 Å². The summed E-state index contributed by atoms with van der Waals surface area (Å²) in [5.74, 6) is 0.557. The average molecular weight is 416 g/mol. The van der Waals surface area contributed by atoms with Crippen molar-refractivity contribution in [2.45, 2.75) is 13.1 Å². The Morgan fingerprint density at radius 3 is 2.74 bits per heavy atom. The van der Waals surface area contributed by atoms with Gasteiger partial charge < -0.3 is 9.88 Å². The van der Waals surface area contributed by atoms with E-state index in [9.17, 15) is 4.79 Å². The van der Waals surface area contributed by atoms with E-state index in [4.69, 9.17) is 28.2 Å². The fourth-order valence-corrected chi connectivity index (χ4v) is 4.05. The van der Waals surface area contributed by atoms with Crippen molar-refractivity contribution in [1.29, 1.82) is 0 Å². The Labute approximate surface area is 170 Å². The predicted octanol–water partition coefficient (Wildman–Crippen LogP) is 5.39. The van der Waals surface area contributed by atoms with Gasteiger partial charge in [0.1, 0.15) is 12.4 Å². The first-order valence-electron chi connectivity index (χ1n) is 8.31. The van der Waals surface area contributed by atoms with Gasteiger partial charge in [0, 0.05) is 15.5 Å².